The second-order valence-corrected chi connectivity index (χ2v) is 8.20. The lowest BCUT2D eigenvalue weighted by atomic mass is 9.93. The molecule has 2 aromatic heterocycles. The Morgan fingerprint density at radius 1 is 1.10 bits per heavy atom. The van der Waals surface area contributed by atoms with Crippen molar-refractivity contribution in [2.75, 3.05) is 29.4 Å². The third-order valence-corrected chi connectivity index (χ3v) is 6.09. The van der Waals surface area contributed by atoms with E-state index in [9.17, 15) is 4.79 Å². The van der Waals surface area contributed by atoms with Gasteiger partial charge in [0.2, 0.25) is 5.91 Å². The number of piperidine rings is 1. The van der Waals surface area contributed by atoms with Crippen molar-refractivity contribution in [2.24, 2.45) is 5.92 Å². The molecule has 1 atom stereocenters. The SMILES string of the molecule is Cc1ccc2c(c1)CCCN2C(=O)C1CCCN(c2cc(-n3cccn3)ncn2)C1. The first-order chi connectivity index (χ1) is 14.7. The highest BCUT2D eigenvalue weighted by atomic mass is 16.2. The monoisotopic (exact) mass is 402 g/mol. The molecule has 5 rings (SSSR count). The van der Waals surface area contributed by atoms with Crippen LogP contribution >= 0.6 is 0 Å². The topological polar surface area (TPSA) is 67.2 Å². The number of rotatable bonds is 3. The molecule has 1 unspecified atom stereocenters. The largest absolute Gasteiger partial charge is 0.356 e. The Morgan fingerprint density at radius 2 is 2.00 bits per heavy atom. The number of benzene rings is 1. The van der Waals surface area contributed by atoms with Crippen molar-refractivity contribution < 1.29 is 4.79 Å². The van der Waals surface area contributed by atoms with Crippen molar-refractivity contribution in [1.29, 1.82) is 0 Å². The van der Waals surface area contributed by atoms with Gasteiger partial charge in [-0.25, -0.2) is 14.6 Å². The molecule has 2 aliphatic rings. The molecule has 7 nitrogen and oxygen atoms in total. The molecule has 1 aromatic carbocycles. The Bertz CT molecular complexity index is 1050. The number of aryl methyl sites for hydroxylation is 2. The van der Waals surface area contributed by atoms with Gasteiger partial charge >= 0.3 is 0 Å². The van der Waals surface area contributed by atoms with Crippen LogP contribution in [0.5, 0.6) is 0 Å². The molecule has 1 saturated heterocycles. The summed E-state index contributed by atoms with van der Waals surface area (Å²) in [5.41, 5.74) is 3.64. The average Bonchev–Trinajstić information content (AvgIpc) is 3.33. The van der Waals surface area contributed by atoms with Gasteiger partial charge in [-0.3, -0.25) is 4.79 Å². The Labute approximate surface area is 176 Å². The Hall–Kier alpha value is -3.22. The summed E-state index contributed by atoms with van der Waals surface area (Å²) in [6.45, 7) is 4.50. The van der Waals surface area contributed by atoms with E-state index in [1.165, 1.54) is 11.1 Å². The number of fused-ring (bicyclic) bond motifs is 1. The van der Waals surface area contributed by atoms with Gasteiger partial charge < -0.3 is 9.80 Å². The summed E-state index contributed by atoms with van der Waals surface area (Å²) in [4.78, 5) is 26.5. The number of carbonyl (C=O) groups is 1. The molecule has 7 heteroatoms. The van der Waals surface area contributed by atoms with E-state index in [4.69, 9.17) is 0 Å². The summed E-state index contributed by atoms with van der Waals surface area (Å²) in [5.74, 6) is 1.81. The Morgan fingerprint density at radius 3 is 2.87 bits per heavy atom. The van der Waals surface area contributed by atoms with Crippen LogP contribution in [0.4, 0.5) is 11.5 Å². The van der Waals surface area contributed by atoms with Gasteiger partial charge in [-0.15, -0.1) is 0 Å². The first kappa shape index (κ1) is 18.8. The van der Waals surface area contributed by atoms with E-state index in [2.05, 4.69) is 45.1 Å². The molecule has 2 aliphatic heterocycles. The second kappa shape index (κ2) is 7.89. The quantitative estimate of drug-likeness (QED) is 0.673. The van der Waals surface area contributed by atoms with E-state index in [1.54, 1.807) is 17.2 Å². The van der Waals surface area contributed by atoms with Crippen molar-refractivity contribution in [1.82, 2.24) is 19.7 Å². The maximum Gasteiger partial charge on any atom is 0.231 e. The van der Waals surface area contributed by atoms with Crippen LogP contribution in [0.3, 0.4) is 0 Å². The molecule has 30 heavy (non-hydrogen) atoms. The highest BCUT2D eigenvalue weighted by Gasteiger charge is 2.32. The van der Waals surface area contributed by atoms with E-state index in [0.717, 1.165) is 56.1 Å². The molecule has 0 saturated carbocycles. The predicted molar refractivity (Wildman–Crippen MR) is 116 cm³/mol. The van der Waals surface area contributed by atoms with Crippen molar-refractivity contribution in [2.45, 2.75) is 32.6 Å². The molecule has 1 fully saturated rings. The second-order valence-electron chi connectivity index (χ2n) is 8.20. The smallest absolute Gasteiger partial charge is 0.231 e. The number of carbonyl (C=O) groups excluding carboxylic acids is 1. The highest BCUT2D eigenvalue weighted by Crippen LogP contribution is 2.31. The molecule has 0 spiro atoms. The average molecular weight is 403 g/mol. The van der Waals surface area contributed by atoms with Gasteiger partial charge in [0.1, 0.15) is 12.1 Å². The van der Waals surface area contributed by atoms with Crippen LogP contribution in [0.1, 0.15) is 30.4 Å². The van der Waals surface area contributed by atoms with Gasteiger partial charge in [0.05, 0.1) is 5.92 Å². The van der Waals surface area contributed by atoms with Crippen molar-refractivity contribution in [3.63, 3.8) is 0 Å². The first-order valence-corrected chi connectivity index (χ1v) is 10.7. The zero-order valence-electron chi connectivity index (χ0n) is 17.2. The standard InChI is InChI=1S/C23H26N6O/c1-17-7-8-20-18(13-17)5-3-11-28(20)23(30)19-6-2-10-27(15-19)21-14-22(25-16-24-21)29-12-4-9-26-29/h4,7-9,12-14,16,19H,2-3,5-6,10-11,15H2,1H3. The molecular formula is C23H26N6O. The lowest BCUT2D eigenvalue weighted by Crippen LogP contribution is -2.46. The number of hydrogen-bond acceptors (Lipinski definition) is 5. The normalized spacial score (nSPS) is 18.9. The molecule has 3 aromatic rings. The molecular weight excluding hydrogens is 376 g/mol. The van der Waals surface area contributed by atoms with E-state index in [0.29, 0.717) is 6.54 Å². The van der Waals surface area contributed by atoms with Crippen LogP contribution < -0.4 is 9.80 Å². The van der Waals surface area contributed by atoms with E-state index in [1.807, 2.05) is 23.2 Å². The number of anilines is 2. The third-order valence-electron chi connectivity index (χ3n) is 6.09. The number of hydrogen-bond donors (Lipinski definition) is 0. The maximum absolute atomic E-state index is 13.5. The van der Waals surface area contributed by atoms with E-state index in [-0.39, 0.29) is 11.8 Å². The van der Waals surface area contributed by atoms with Crippen molar-refractivity contribution in [3.8, 4) is 5.82 Å². The van der Waals surface area contributed by atoms with Crippen LogP contribution in [0, 0.1) is 12.8 Å². The summed E-state index contributed by atoms with van der Waals surface area (Å²) >= 11 is 0. The van der Waals surface area contributed by atoms with Gasteiger partial charge in [-0.1, -0.05) is 17.7 Å². The molecule has 4 heterocycles. The summed E-state index contributed by atoms with van der Waals surface area (Å²) in [6.07, 6.45) is 9.14. The predicted octanol–water partition coefficient (Wildman–Crippen LogP) is 3.17. The minimum atomic E-state index is -0.0193. The van der Waals surface area contributed by atoms with Crippen LogP contribution in [0.15, 0.2) is 49.1 Å². The fourth-order valence-corrected chi connectivity index (χ4v) is 4.60. The van der Waals surface area contributed by atoms with Crippen LogP contribution in [-0.2, 0) is 11.2 Å². The number of amides is 1. The summed E-state index contributed by atoms with van der Waals surface area (Å²) in [6, 6.07) is 10.3. The fraction of sp³-hybridized carbons (Fsp3) is 0.391. The Balaban J connectivity index is 1.35. The minimum absolute atomic E-state index is 0.0193. The van der Waals surface area contributed by atoms with Gasteiger partial charge in [0.15, 0.2) is 5.82 Å². The van der Waals surface area contributed by atoms with Crippen molar-refractivity contribution >= 4 is 17.4 Å². The molecule has 1 amide bonds. The van der Waals surface area contributed by atoms with E-state index >= 15 is 0 Å². The van der Waals surface area contributed by atoms with Gasteiger partial charge in [0.25, 0.3) is 0 Å². The van der Waals surface area contributed by atoms with Gasteiger partial charge in [0, 0.05) is 43.8 Å². The first-order valence-electron chi connectivity index (χ1n) is 10.7. The zero-order chi connectivity index (χ0) is 20.5. The van der Waals surface area contributed by atoms with Crippen LogP contribution in [0.2, 0.25) is 0 Å². The number of nitrogens with zero attached hydrogens (tertiary/aromatic N) is 6. The van der Waals surface area contributed by atoms with Crippen molar-refractivity contribution in [3.05, 3.63) is 60.2 Å². The zero-order valence-corrected chi connectivity index (χ0v) is 17.2. The summed E-state index contributed by atoms with van der Waals surface area (Å²) < 4.78 is 1.73. The van der Waals surface area contributed by atoms with Gasteiger partial charge in [-0.05, 0) is 50.3 Å². The molecule has 0 bridgehead atoms. The fourth-order valence-electron chi connectivity index (χ4n) is 4.60. The lowest BCUT2D eigenvalue weighted by Gasteiger charge is -2.37. The lowest BCUT2D eigenvalue weighted by molar-refractivity contribution is -0.122. The third kappa shape index (κ3) is 3.56. The van der Waals surface area contributed by atoms with Gasteiger partial charge in [-0.2, -0.15) is 5.10 Å². The molecule has 0 aliphatic carbocycles. The summed E-state index contributed by atoms with van der Waals surface area (Å²) in [5, 5.41) is 4.25. The number of aromatic nitrogens is 4. The summed E-state index contributed by atoms with van der Waals surface area (Å²) in [7, 11) is 0. The maximum atomic E-state index is 13.5. The molecule has 154 valence electrons. The minimum Gasteiger partial charge on any atom is -0.356 e. The van der Waals surface area contributed by atoms with E-state index < -0.39 is 0 Å². The van der Waals surface area contributed by atoms with Crippen LogP contribution in [-0.4, -0.2) is 45.3 Å². The molecule has 0 radical (unpaired) electrons. The Kier molecular flexibility index (Phi) is 4.94. The van der Waals surface area contributed by atoms with Crippen LogP contribution in [0.25, 0.3) is 5.82 Å². The highest BCUT2D eigenvalue weighted by molar-refractivity contribution is 5.96. The molecule has 0 N–H and O–H groups in total.